The lowest BCUT2D eigenvalue weighted by molar-refractivity contribution is -0.137. The van der Waals surface area contributed by atoms with Crippen LogP contribution >= 0.6 is 0 Å². The first-order valence-electron chi connectivity index (χ1n) is 8.67. The number of rotatable bonds is 4. The van der Waals surface area contributed by atoms with Gasteiger partial charge in [0.25, 0.3) is 0 Å². The first-order valence-corrected chi connectivity index (χ1v) is 8.67. The number of fused-ring (bicyclic) bond motifs is 1. The van der Waals surface area contributed by atoms with Gasteiger partial charge in [-0.05, 0) is 17.7 Å². The van der Waals surface area contributed by atoms with Crippen LogP contribution in [0.5, 0.6) is 0 Å². The summed E-state index contributed by atoms with van der Waals surface area (Å²) < 4.78 is 43.6. The number of nitrogens with zero attached hydrogens (tertiary/aromatic N) is 3. The van der Waals surface area contributed by atoms with Crippen LogP contribution in [-0.2, 0) is 10.9 Å². The molecule has 0 unspecified atom stereocenters. The van der Waals surface area contributed by atoms with Gasteiger partial charge in [-0.3, -0.25) is 4.98 Å². The maximum Gasteiger partial charge on any atom is 0.416 e. The number of hydrogen-bond donors (Lipinski definition) is 2. The molecule has 2 aromatic heterocycles. The van der Waals surface area contributed by atoms with Gasteiger partial charge >= 0.3 is 6.18 Å². The van der Waals surface area contributed by atoms with Crippen molar-refractivity contribution in [2.24, 2.45) is 0 Å². The quantitative estimate of drug-likeness (QED) is 0.712. The summed E-state index contributed by atoms with van der Waals surface area (Å²) in [6.45, 7) is 0.984. The maximum absolute atomic E-state index is 12.8. The molecule has 0 spiro atoms. The van der Waals surface area contributed by atoms with E-state index >= 15 is 0 Å². The molecule has 146 valence electrons. The lowest BCUT2D eigenvalue weighted by Gasteiger charge is -2.21. The van der Waals surface area contributed by atoms with Crippen molar-refractivity contribution >= 4 is 16.9 Å². The molecule has 1 atom stereocenters. The monoisotopic (exact) mass is 390 g/mol. The predicted molar refractivity (Wildman–Crippen MR) is 96.6 cm³/mol. The number of benzene rings is 1. The van der Waals surface area contributed by atoms with Gasteiger partial charge in [0, 0.05) is 43.7 Å². The number of aromatic nitrogens is 3. The number of ether oxygens (including phenoxy) is 1. The van der Waals surface area contributed by atoms with Gasteiger partial charge < -0.3 is 15.2 Å². The lowest BCUT2D eigenvalue weighted by atomic mass is 10.0. The fourth-order valence-corrected chi connectivity index (χ4v) is 3.12. The summed E-state index contributed by atoms with van der Waals surface area (Å²) >= 11 is 0. The molecule has 1 aromatic carbocycles. The maximum atomic E-state index is 12.8. The van der Waals surface area contributed by atoms with E-state index in [1.807, 2.05) is 0 Å². The van der Waals surface area contributed by atoms with E-state index in [1.54, 1.807) is 0 Å². The van der Waals surface area contributed by atoms with E-state index in [0.29, 0.717) is 41.0 Å². The summed E-state index contributed by atoms with van der Waals surface area (Å²) in [5.41, 5.74) is 0.426. The van der Waals surface area contributed by atoms with Gasteiger partial charge in [-0.15, -0.1) is 0 Å². The van der Waals surface area contributed by atoms with Gasteiger partial charge in [0.15, 0.2) is 5.82 Å². The molecule has 3 aromatic rings. The highest BCUT2D eigenvalue weighted by atomic mass is 19.4. The van der Waals surface area contributed by atoms with Crippen LogP contribution < -0.4 is 5.32 Å². The van der Waals surface area contributed by atoms with Crippen LogP contribution in [0.15, 0.2) is 42.9 Å². The zero-order chi connectivity index (χ0) is 19.8. The second kappa shape index (κ2) is 6.99. The van der Waals surface area contributed by atoms with Gasteiger partial charge in [0.1, 0.15) is 16.6 Å². The topological polar surface area (TPSA) is 80.2 Å². The molecule has 4 rings (SSSR count). The average molecular weight is 390 g/mol. The Morgan fingerprint density at radius 2 is 1.79 bits per heavy atom. The number of pyridine rings is 1. The van der Waals surface area contributed by atoms with Crippen LogP contribution in [0.4, 0.5) is 19.0 Å². The number of halogens is 3. The van der Waals surface area contributed by atoms with E-state index in [4.69, 9.17) is 4.74 Å². The number of nitrogens with one attached hydrogen (secondary N) is 1. The summed E-state index contributed by atoms with van der Waals surface area (Å²) in [5.74, 6) is 0.444. The van der Waals surface area contributed by atoms with Crippen molar-refractivity contribution < 1.29 is 23.0 Å². The Hall–Kier alpha value is -2.78. The van der Waals surface area contributed by atoms with Crippen molar-refractivity contribution in [3.8, 4) is 11.1 Å². The fraction of sp³-hybridized carbons (Fsp3) is 0.316. The molecular weight excluding hydrogens is 373 g/mol. The normalized spacial score (nSPS) is 19.9. The van der Waals surface area contributed by atoms with Gasteiger partial charge in [-0.1, -0.05) is 12.1 Å². The number of hydrogen-bond acceptors (Lipinski definition) is 6. The molecule has 1 aliphatic rings. The first-order chi connectivity index (χ1) is 13.4. The second-order valence-corrected chi connectivity index (χ2v) is 6.73. The highest BCUT2D eigenvalue weighted by Gasteiger charge is 2.32. The van der Waals surface area contributed by atoms with Crippen LogP contribution in [0.25, 0.3) is 22.2 Å². The zero-order valence-corrected chi connectivity index (χ0v) is 14.7. The third-order valence-corrected chi connectivity index (χ3v) is 4.69. The molecule has 28 heavy (non-hydrogen) atoms. The lowest BCUT2D eigenvalue weighted by Crippen LogP contribution is -2.37. The molecule has 9 heteroatoms. The smallest absolute Gasteiger partial charge is 0.386 e. The minimum Gasteiger partial charge on any atom is -0.386 e. The molecule has 1 fully saturated rings. The van der Waals surface area contributed by atoms with Crippen LogP contribution in [0.2, 0.25) is 0 Å². The Bertz CT molecular complexity index is 987. The third-order valence-electron chi connectivity index (χ3n) is 4.69. The number of anilines is 1. The molecule has 0 bridgehead atoms. The molecule has 0 radical (unpaired) electrons. The SMILES string of the molecule is O[C@@]1(CNc2ncc(-c3ccc(C(F)(F)F)cc3)c3nccnc23)CCOC1. The molecule has 0 saturated carbocycles. The molecule has 3 heterocycles. The zero-order valence-electron chi connectivity index (χ0n) is 14.7. The molecule has 1 aliphatic heterocycles. The van der Waals surface area contributed by atoms with Gasteiger partial charge in [0.2, 0.25) is 0 Å². The Kier molecular flexibility index (Phi) is 4.64. The van der Waals surface area contributed by atoms with Gasteiger partial charge in [-0.25, -0.2) is 9.97 Å². The van der Waals surface area contributed by atoms with Gasteiger partial charge in [-0.2, -0.15) is 13.2 Å². The molecule has 0 aliphatic carbocycles. The Balaban J connectivity index is 1.67. The largest absolute Gasteiger partial charge is 0.416 e. The minimum atomic E-state index is -4.39. The van der Waals surface area contributed by atoms with Crippen molar-refractivity contribution in [3.05, 3.63) is 48.4 Å². The van der Waals surface area contributed by atoms with Crippen LogP contribution in [0.1, 0.15) is 12.0 Å². The summed E-state index contributed by atoms with van der Waals surface area (Å²) in [4.78, 5) is 13.0. The summed E-state index contributed by atoms with van der Waals surface area (Å²) in [5, 5.41) is 13.5. The van der Waals surface area contributed by atoms with Crippen molar-refractivity contribution in [1.29, 1.82) is 0 Å². The molecule has 2 N–H and O–H groups in total. The van der Waals surface area contributed by atoms with E-state index in [0.717, 1.165) is 12.1 Å². The van der Waals surface area contributed by atoms with E-state index in [-0.39, 0.29) is 13.2 Å². The van der Waals surface area contributed by atoms with Crippen molar-refractivity contribution in [1.82, 2.24) is 15.0 Å². The van der Waals surface area contributed by atoms with Crippen molar-refractivity contribution in [2.75, 3.05) is 25.1 Å². The second-order valence-electron chi connectivity index (χ2n) is 6.73. The number of alkyl halides is 3. The van der Waals surface area contributed by atoms with E-state index in [9.17, 15) is 18.3 Å². The Labute approximate surface area is 158 Å². The Morgan fingerprint density at radius 1 is 1.07 bits per heavy atom. The van der Waals surface area contributed by atoms with Crippen LogP contribution in [0, 0.1) is 0 Å². The van der Waals surface area contributed by atoms with Gasteiger partial charge in [0.05, 0.1) is 12.2 Å². The summed E-state index contributed by atoms with van der Waals surface area (Å²) in [7, 11) is 0. The summed E-state index contributed by atoms with van der Waals surface area (Å²) in [6.07, 6.45) is 0.693. The predicted octanol–water partition coefficient (Wildman–Crippen LogP) is 3.27. The average Bonchev–Trinajstić information content (AvgIpc) is 3.12. The fourth-order valence-electron chi connectivity index (χ4n) is 3.12. The minimum absolute atomic E-state index is 0.241. The van der Waals surface area contributed by atoms with E-state index < -0.39 is 17.3 Å². The number of aliphatic hydroxyl groups is 1. The standard InChI is InChI=1S/C19H17F3N4O2/c20-19(21,22)13-3-1-12(2-4-13)14-9-25-17(16-15(14)23-6-7-24-16)26-10-18(27)5-8-28-11-18/h1-4,6-7,9,27H,5,8,10-11H2,(H,25,26)/t18-/m1/s1. The summed E-state index contributed by atoms with van der Waals surface area (Å²) in [6, 6.07) is 4.83. The van der Waals surface area contributed by atoms with Crippen LogP contribution in [-0.4, -0.2) is 45.4 Å². The first kappa shape index (κ1) is 18.6. The molecule has 0 amide bonds. The molecule has 6 nitrogen and oxygen atoms in total. The van der Waals surface area contributed by atoms with E-state index in [1.165, 1.54) is 30.7 Å². The highest BCUT2D eigenvalue weighted by Crippen LogP contribution is 2.33. The van der Waals surface area contributed by atoms with Crippen molar-refractivity contribution in [2.45, 2.75) is 18.2 Å². The molecular formula is C19H17F3N4O2. The third kappa shape index (κ3) is 3.63. The van der Waals surface area contributed by atoms with E-state index in [2.05, 4.69) is 20.3 Å². The molecule has 1 saturated heterocycles. The van der Waals surface area contributed by atoms with Crippen molar-refractivity contribution in [3.63, 3.8) is 0 Å². The Morgan fingerprint density at radius 3 is 2.43 bits per heavy atom. The highest BCUT2D eigenvalue weighted by molar-refractivity contribution is 5.96. The van der Waals surface area contributed by atoms with Crippen LogP contribution in [0.3, 0.4) is 0 Å².